The van der Waals surface area contributed by atoms with E-state index in [9.17, 15) is 15.3 Å². The van der Waals surface area contributed by atoms with Gasteiger partial charge in [-0.25, -0.2) is 0 Å². The first kappa shape index (κ1) is 31.5. The number of fused-ring (bicyclic) bond motifs is 1. The minimum atomic E-state index is -2.70. The summed E-state index contributed by atoms with van der Waals surface area (Å²) in [4.78, 5) is 0. The van der Waals surface area contributed by atoms with E-state index in [1.165, 1.54) is 10.4 Å². The molecule has 8 atom stereocenters. The zero-order valence-electron chi connectivity index (χ0n) is 26.4. The van der Waals surface area contributed by atoms with Gasteiger partial charge in [-0.1, -0.05) is 101 Å². The lowest BCUT2D eigenvalue weighted by Gasteiger charge is -2.58. The number of terminal acetylenes is 1. The Kier molecular flexibility index (Phi) is 8.64. The Bertz CT molecular complexity index is 1210. The molecule has 3 saturated carbocycles. The zero-order valence-corrected chi connectivity index (χ0v) is 27.4. The molecule has 228 valence electrons. The minimum Gasteiger partial charge on any atom is -0.404 e. The fourth-order valence-electron chi connectivity index (χ4n) is 9.81. The Morgan fingerprint density at radius 3 is 1.93 bits per heavy atom. The number of hydrogen-bond donors (Lipinski definition) is 3. The van der Waals surface area contributed by atoms with Crippen molar-refractivity contribution >= 4 is 18.7 Å². The van der Waals surface area contributed by atoms with Crippen molar-refractivity contribution in [1.82, 2.24) is 0 Å². The van der Waals surface area contributed by atoms with E-state index < -0.39 is 13.9 Å². The zero-order chi connectivity index (χ0) is 30.4. The smallest absolute Gasteiger partial charge is 0.261 e. The van der Waals surface area contributed by atoms with Crippen molar-refractivity contribution in [2.75, 3.05) is 13.2 Å². The topological polar surface area (TPSA) is 69.9 Å². The summed E-state index contributed by atoms with van der Waals surface area (Å²) < 4.78 is 7.53. The van der Waals surface area contributed by atoms with Crippen molar-refractivity contribution in [1.29, 1.82) is 0 Å². The molecule has 2 aromatic carbocycles. The summed E-state index contributed by atoms with van der Waals surface area (Å²) in [5.74, 6) is 3.33. The normalized spacial score (nSPS) is 37.2. The fraction of sp³-hybridized carbons (Fsp3) is 0.622. The molecule has 3 aliphatic rings. The number of hydrogen-bond acceptors (Lipinski definition) is 4. The van der Waals surface area contributed by atoms with E-state index in [0.29, 0.717) is 6.42 Å². The molecule has 2 aromatic rings. The van der Waals surface area contributed by atoms with Crippen LogP contribution in [0.1, 0.15) is 79.6 Å². The summed E-state index contributed by atoms with van der Waals surface area (Å²) in [5, 5.41) is 35.5. The van der Waals surface area contributed by atoms with Crippen LogP contribution in [0.5, 0.6) is 0 Å². The van der Waals surface area contributed by atoms with Crippen LogP contribution in [0.3, 0.4) is 0 Å². The number of aliphatic hydroxyl groups is 3. The molecular formula is C37H52O4Si. The van der Waals surface area contributed by atoms with Crippen molar-refractivity contribution in [3.05, 3.63) is 60.7 Å². The van der Waals surface area contributed by atoms with Crippen LogP contribution in [0.4, 0.5) is 0 Å². The first-order valence-corrected chi connectivity index (χ1v) is 18.0. The molecule has 42 heavy (non-hydrogen) atoms. The molecule has 0 aliphatic heterocycles. The Morgan fingerprint density at radius 2 is 1.43 bits per heavy atom. The second kappa shape index (κ2) is 11.5. The van der Waals surface area contributed by atoms with Gasteiger partial charge in [-0.05, 0) is 89.4 Å². The standard InChI is InChI=1S/C37H52O4Si/c1-7-37(40)23-20-33-31(26-39)32(19-22-36(33,37)6)35(5)21-18-28(24-27(35)25-38)41-42(34(2,3)4,29-14-10-8-11-15-29)30-16-12-9-13-17-30/h1,8-17,27-28,31-33,38-40H,18-26H2,2-6H3/t27-,28+,31-,32+,33+,35+,36+,37+/m1/s1. The third-order valence-corrected chi connectivity index (χ3v) is 17.4. The second-order valence-corrected chi connectivity index (χ2v) is 19.4. The highest BCUT2D eigenvalue weighted by atomic mass is 28.4. The average Bonchev–Trinajstić information content (AvgIpc) is 3.27. The molecule has 0 spiro atoms. The molecule has 0 bridgehead atoms. The summed E-state index contributed by atoms with van der Waals surface area (Å²) >= 11 is 0. The van der Waals surface area contributed by atoms with E-state index in [1.54, 1.807) is 0 Å². The Hall–Kier alpha value is -1.94. The molecule has 3 aliphatic carbocycles. The molecule has 0 aromatic heterocycles. The van der Waals surface area contributed by atoms with E-state index in [0.717, 1.165) is 38.5 Å². The van der Waals surface area contributed by atoms with Crippen molar-refractivity contribution in [2.24, 2.45) is 34.5 Å². The van der Waals surface area contributed by atoms with Gasteiger partial charge in [0, 0.05) is 24.7 Å². The molecule has 5 rings (SSSR count). The maximum atomic E-state index is 11.4. The molecule has 0 saturated heterocycles. The third-order valence-electron chi connectivity index (χ3n) is 12.4. The van der Waals surface area contributed by atoms with Crippen LogP contribution < -0.4 is 10.4 Å². The summed E-state index contributed by atoms with van der Waals surface area (Å²) in [7, 11) is -2.70. The maximum absolute atomic E-state index is 11.4. The van der Waals surface area contributed by atoms with E-state index in [1.807, 2.05) is 0 Å². The van der Waals surface area contributed by atoms with Crippen LogP contribution in [0.2, 0.25) is 5.04 Å². The number of rotatable bonds is 7. The van der Waals surface area contributed by atoms with E-state index in [-0.39, 0.29) is 58.9 Å². The van der Waals surface area contributed by atoms with Crippen LogP contribution >= 0.6 is 0 Å². The monoisotopic (exact) mass is 588 g/mol. The van der Waals surface area contributed by atoms with Gasteiger partial charge in [-0.3, -0.25) is 0 Å². The van der Waals surface area contributed by atoms with Crippen molar-refractivity contribution in [2.45, 2.75) is 96.3 Å². The molecule has 0 heterocycles. The number of benzene rings is 2. The lowest BCUT2D eigenvalue weighted by molar-refractivity contribution is -0.133. The molecule has 4 nitrogen and oxygen atoms in total. The third kappa shape index (κ3) is 4.83. The Labute approximate surface area is 255 Å². The van der Waals surface area contributed by atoms with E-state index in [4.69, 9.17) is 10.8 Å². The number of aliphatic hydroxyl groups excluding tert-OH is 2. The lowest BCUT2D eigenvalue weighted by Crippen LogP contribution is -2.68. The molecular weight excluding hydrogens is 536 g/mol. The average molecular weight is 589 g/mol. The molecule has 0 amide bonds. The van der Waals surface area contributed by atoms with Gasteiger partial charge in [-0.2, -0.15) is 0 Å². The molecule has 5 heteroatoms. The molecule has 0 radical (unpaired) electrons. The second-order valence-electron chi connectivity index (χ2n) is 15.1. The molecule has 3 fully saturated rings. The highest BCUT2D eigenvalue weighted by Crippen LogP contribution is 2.65. The van der Waals surface area contributed by atoms with E-state index in [2.05, 4.69) is 101 Å². The van der Waals surface area contributed by atoms with Gasteiger partial charge in [0.2, 0.25) is 0 Å². The largest absolute Gasteiger partial charge is 0.404 e. The van der Waals surface area contributed by atoms with Crippen LogP contribution in [-0.4, -0.2) is 48.6 Å². The van der Waals surface area contributed by atoms with Crippen molar-refractivity contribution in [3.63, 3.8) is 0 Å². The highest BCUT2D eigenvalue weighted by molar-refractivity contribution is 6.99. The van der Waals surface area contributed by atoms with Gasteiger partial charge in [0.05, 0.1) is 0 Å². The Morgan fingerprint density at radius 1 is 0.857 bits per heavy atom. The van der Waals surface area contributed by atoms with Crippen LogP contribution in [0.25, 0.3) is 0 Å². The quantitative estimate of drug-likeness (QED) is 0.294. The van der Waals surface area contributed by atoms with E-state index >= 15 is 0 Å². The predicted molar refractivity (Wildman–Crippen MR) is 173 cm³/mol. The first-order valence-electron chi connectivity index (χ1n) is 16.1. The molecule has 3 N–H and O–H groups in total. The van der Waals surface area contributed by atoms with Gasteiger partial charge in [0.15, 0.2) is 0 Å². The lowest BCUT2D eigenvalue weighted by atomic mass is 9.48. The SMILES string of the molecule is C#C[C@]1(O)CC[C@H]2[C@H](CO)[C@@H]([C@@]3(C)CC[C@H](O[Si](c4ccccc4)(c4ccccc4)C(C)(C)C)C[C@@H]3CO)CC[C@@]21C. The summed E-state index contributed by atoms with van der Waals surface area (Å²) in [6, 6.07) is 21.6. The fourth-order valence-corrected chi connectivity index (χ4v) is 14.5. The summed E-state index contributed by atoms with van der Waals surface area (Å²) in [6.07, 6.45) is 11.8. The summed E-state index contributed by atoms with van der Waals surface area (Å²) in [5.41, 5.74) is -1.60. The van der Waals surface area contributed by atoms with Gasteiger partial charge in [0.1, 0.15) is 5.60 Å². The minimum absolute atomic E-state index is 0.0426. The first-order chi connectivity index (χ1) is 19.9. The predicted octanol–water partition coefficient (Wildman–Crippen LogP) is 5.53. The van der Waals surface area contributed by atoms with Crippen molar-refractivity contribution in [3.8, 4) is 12.3 Å². The van der Waals surface area contributed by atoms with Crippen LogP contribution in [-0.2, 0) is 4.43 Å². The van der Waals surface area contributed by atoms with Gasteiger partial charge in [-0.15, -0.1) is 6.42 Å². The summed E-state index contributed by atoms with van der Waals surface area (Å²) in [6.45, 7) is 11.7. The molecule has 0 unspecified atom stereocenters. The highest BCUT2D eigenvalue weighted by Gasteiger charge is 2.63. The van der Waals surface area contributed by atoms with Crippen molar-refractivity contribution < 1.29 is 19.7 Å². The van der Waals surface area contributed by atoms with Crippen LogP contribution in [0, 0.1) is 46.8 Å². The Balaban J connectivity index is 1.45. The van der Waals surface area contributed by atoms with Gasteiger partial charge < -0.3 is 19.7 Å². The van der Waals surface area contributed by atoms with Gasteiger partial charge in [0.25, 0.3) is 8.32 Å². The van der Waals surface area contributed by atoms with Gasteiger partial charge >= 0.3 is 0 Å². The van der Waals surface area contributed by atoms with Crippen LogP contribution in [0.15, 0.2) is 60.7 Å². The maximum Gasteiger partial charge on any atom is 0.261 e.